The molecule has 0 aromatic carbocycles. The Labute approximate surface area is 150 Å². The Morgan fingerprint density at radius 1 is 1.40 bits per heavy atom. The van der Waals surface area contributed by atoms with Gasteiger partial charge in [-0.2, -0.15) is 0 Å². The van der Waals surface area contributed by atoms with E-state index in [-0.39, 0.29) is 17.6 Å². The Hall–Kier alpha value is -1.37. The van der Waals surface area contributed by atoms with Gasteiger partial charge in [0.2, 0.25) is 0 Å². The third-order valence-electron chi connectivity index (χ3n) is 5.49. The van der Waals surface area contributed by atoms with Crippen LogP contribution in [0.3, 0.4) is 0 Å². The van der Waals surface area contributed by atoms with E-state index >= 15 is 0 Å². The number of ether oxygens (including phenoxy) is 2. The second-order valence-corrected chi connectivity index (χ2v) is 7.23. The van der Waals surface area contributed by atoms with E-state index in [9.17, 15) is 4.79 Å². The van der Waals surface area contributed by atoms with Crippen molar-refractivity contribution in [3.8, 4) is 0 Å². The molecular weight excluding hydrogens is 318 g/mol. The normalized spacial score (nSPS) is 27.2. The van der Waals surface area contributed by atoms with Crippen LogP contribution in [0.2, 0.25) is 0 Å². The zero-order valence-corrected chi connectivity index (χ0v) is 15.7. The van der Waals surface area contributed by atoms with Crippen LogP contribution in [0.4, 0.5) is 0 Å². The van der Waals surface area contributed by atoms with Gasteiger partial charge in [-0.25, -0.2) is 0 Å². The average Bonchev–Trinajstić information content (AvgIpc) is 3.14. The summed E-state index contributed by atoms with van der Waals surface area (Å²) in [6, 6.07) is 3.78. The highest BCUT2D eigenvalue weighted by atomic mass is 16.6. The molecule has 2 aliphatic rings. The van der Waals surface area contributed by atoms with Crippen molar-refractivity contribution in [2.24, 2.45) is 7.05 Å². The Bertz CT molecular complexity index is 584. The van der Waals surface area contributed by atoms with Crippen molar-refractivity contribution in [2.45, 2.75) is 38.4 Å². The molecule has 6 nitrogen and oxygen atoms in total. The highest BCUT2D eigenvalue weighted by molar-refractivity contribution is 5.92. The fraction of sp³-hybridized carbons (Fsp3) is 0.737. The fourth-order valence-corrected chi connectivity index (χ4v) is 3.94. The summed E-state index contributed by atoms with van der Waals surface area (Å²) in [4.78, 5) is 17.2. The minimum absolute atomic E-state index is 0.0631. The summed E-state index contributed by atoms with van der Waals surface area (Å²) < 4.78 is 14.2. The third-order valence-corrected chi connectivity index (χ3v) is 5.49. The van der Waals surface area contributed by atoms with E-state index in [1.165, 1.54) is 0 Å². The zero-order chi connectivity index (χ0) is 17.9. The van der Waals surface area contributed by atoms with Crippen molar-refractivity contribution < 1.29 is 14.3 Å². The number of likely N-dealkylation sites (N-methyl/N-ethyl adjacent to an activating group) is 1. The molecule has 1 aromatic rings. The molecule has 2 aliphatic heterocycles. The quantitative estimate of drug-likeness (QED) is 0.813. The predicted molar refractivity (Wildman–Crippen MR) is 96.8 cm³/mol. The summed E-state index contributed by atoms with van der Waals surface area (Å²) >= 11 is 0. The first-order valence-electron chi connectivity index (χ1n) is 9.45. The van der Waals surface area contributed by atoms with E-state index in [0.717, 1.165) is 38.2 Å². The maximum absolute atomic E-state index is 12.9. The summed E-state index contributed by atoms with van der Waals surface area (Å²) in [5.74, 6) is 0.0631. The first-order chi connectivity index (χ1) is 12.1. The first kappa shape index (κ1) is 18.4. The Morgan fingerprint density at radius 3 is 2.88 bits per heavy atom. The Balaban J connectivity index is 1.68. The SMILES string of the molecule is CCN(CC)C[C@@H]1CC[C@]2(COCCN(C(=O)c3cccn3C)C2)O1. The van der Waals surface area contributed by atoms with Crippen molar-refractivity contribution in [2.75, 3.05) is 45.9 Å². The molecule has 0 saturated carbocycles. The van der Waals surface area contributed by atoms with Gasteiger partial charge in [0, 0.05) is 26.3 Å². The van der Waals surface area contributed by atoms with E-state index in [2.05, 4.69) is 18.7 Å². The molecule has 1 aromatic heterocycles. The standard InChI is InChI=1S/C19H31N3O3/c1-4-21(5-2)13-16-8-9-19(25-16)14-22(11-12-24-15-19)18(23)17-7-6-10-20(17)3/h6-7,10,16H,4-5,8-9,11-15H2,1-3H3/t16-,19-/m0/s1. The summed E-state index contributed by atoms with van der Waals surface area (Å²) in [5.41, 5.74) is 0.365. The van der Waals surface area contributed by atoms with Crippen LogP contribution in [0.1, 0.15) is 37.2 Å². The van der Waals surface area contributed by atoms with Gasteiger partial charge in [-0.15, -0.1) is 0 Å². The monoisotopic (exact) mass is 349 g/mol. The number of amides is 1. The van der Waals surface area contributed by atoms with Gasteiger partial charge in [-0.1, -0.05) is 13.8 Å². The van der Waals surface area contributed by atoms with Crippen LogP contribution in [0, 0.1) is 0 Å². The maximum Gasteiger partial charge on any atom is 0.270 e. The first-order valence-corrected chi connectivity index (χ1v) is 9.45. The van der Waals surface area contributed by atoms with Gasteiger partial charge >= 0.3 is 0 Å². The minimum atomic E-state index is -0.352. The molecule has 6 heteroatoms. The lowest BCUT2D eigenvalue weighted by molar-refractivity contribution is -0.0896. The smallest absolute Gasteiger partial charge is 0.270 e. The molecule has 2 saturated heterocycles. The van der Waals surface area contributed by atoms with E-state index < -0.39 is 0 Å². The van der Waals surface area contributed by atoms with E-state index in [4.69, 9.17) is 9.47 Å². The molecule has 0 unspecified atom stereocenters. The highest BCUT2D eigenvalue weighted by Crippen LogP contribution is 2.33. The number of nitrogens with zero attached hydrogens (tertiary/aromatic N) is 3. The molecule has 2 atom stereocenters. The summed E-state index contributed by atoms with van der Waals surface area (Å²) in [6.07, 6.45) is 4.12. The van der Waals surface area contributed by atoms with Crippen molar-refractivity contribution >= 4 is 5.91 Å². The lowest BCUT2D eigenvalue weighted by Gasteiger charge is -2.32. The van der Waals surface area contributed by atoms with Crippen LogP contribution in [-0.2, 0) is 16.5 Å². The maximum atomic E-state index is 12.9. The summed E-state index contributed by atoms with van der Waals surface area (Å²) in [6.45, 7) is 9.80. The molecule has 140 valence electrons. The van der Waals surface area contributed by atoms with Crippen LogP contribution in [0.5, 0.6) is 0 Å². The van der Waals surface area contributed by atoms with Crippen molar-refractivity contribution in [1.29, 1.82) is 0 Å². The highest BCUT2D eigenvalue weighted by Gasteiger charge is 2.44. The van der Waals surface area contributed by atoms with Gasteiger partial charge in [0.15, 0.2) is 0 Å². The van der Waals surface area contributed by atoms with Crippen LogP contribution in [-0.4, -0.2) is 77.9 Å². The lowest BCUT2D eigenvalue weighted by atomic mass is 10.00. The molecule has 1 amide bonds. The van der Waals surface area contributed by atoms with Crippen LogP contribution < -0.4 is 0 Å². The predicted octanol–water partition coefficient (Wildman–Crippen LogP) is 1.76. The van der Waals surface area contributed by atoms with Crippen molar-refractivity contribution in [3.63, 3.8) is 0 Å². The van der Waals surface area contributed by atoms with Gasteiger partial charge in [0.25, 0.3) is 5.91 Å². The molecule has 0 radical (unpaired) electrons. The zero-order valence-electron chi connectivity index (χ0n) is 15.7. The number of aryl methyl sites for hydroxylation is 1. The number of carbonyl (C=O) groups excluding carboxylic acids is 1. The molecule has 1 spiro atoms. The third kappa shape index (κ3) is 4.07. The second-order valence-electron chi connectivity index (χ2n) is 7.23. The molecular formula is C19H31N3O3. The van der Waals surface area contributed by atoms with Crippen molar-refractivity contribution in [3.05, 3.63) is 24.0 Å². The van der Waals surface area contributed by atoms with Crippen molar-refractivity contribution in [1.82, 2.24) is 14.4 Å². The number of hydrogen-bond donors (Lipinski definition) is 0. The topological polar surface area (TPSA) is 46.9 Å². The molecule has 0 N–H and O–H groups in total. The number of rotatable bonds is 5. The van der Waals surface area contributed by atoms with Gasteiger partial charge in [-0.3, -0.25) is 4.79 Å². The van der Waals surface area contributed by atoms with Gasteiger partial charge in [0.1, 0.15) is 11.3 Å². The van der Waals surface area contributed by atoms with Gasteiger partial charge in [0.05, 0.1) is 25.9 Å². The van der Waals surface area contributed by atoms with Gasteiger partial charge < -0.3 is 23.8 Å². The Morgan fingerprint density at radius 2 is 2.20 bits per heavy atom. The van der Waals surface area contributed by atoms with Gasteiger partial charge in [-0.05, 0) is 38.1 Å². The molecule has 0 aliphatic carbocycles. The van der Waals surface area contributed by atoms with Crippen LogP contribution >= 0.6 is 0 Å². The van der Waals surface area contributed by atoms with E-state index in [1.807, 2.05) is 34.8 Å². The second kappa shape index (κ2) is 7.89. The molecule has 25 heavy (non-hydrogen) atoms. The number of carbonyl (C=O) groups is 1. The van der Waals surface area contributed by atoms with E-state index in [1.54, 1.807) is 0 Å². The van der Waals surface area contributed by atoms with E-state index in [0.29, 0.717) is 26.3 Å². The largest absolute Gasteiger partial charge is 0.377 e. The number of aromatic nitrogens is 1. The number of hydrogen-bond acceptors (Lipinski definition) is 4. The lowest BCUT2D eigenvalue weighted by Crippen LogP contribution is -2.47. The molecule has 0 bridgehead atoms. The average molecular weight is 349 g/mol. The van der Waals surface area contributed by atoms with Crippen LogP contribution in [0.15, 0.2) is 18.3 Å². The Kier molecular flexibility index (Phi) is 5.81. The minimum Gasteiger partial charge on any atom is -0.377 e. The molecule has 3 rings (SSSR count). The molecule has 2 fully saturated rings. The summed E-state index contributed by atoms with van der Waals surface area (Å²) in [7, 11) is 1.91. The molecule has 3 heterocycles. The fourth-order valence-electron chi connectivity index (χ4n) is 3.94. The van der Waals surface area contributed by atoms with Crippen LogP contribution in [0.25, 0.3) is 0 Å². The summed E-state index contributed by atoms with van der Waals surface area (Å²) in [5, 5.41) is 0.